The highest BCUT2D eigenvalue weighted by Gasteiger charge is 2.43. The van der Waals surface area contributed by atoms with Gasteiger partial charge in [-0.25, -0.2) is 14.4 Å². The maximum Gasteiger partial charge on any atom is 0.225 e. The van der Waals surface area contributed by atoms with Crippen LogP contribution in [-0.4, -0.2) is 35.7 Å². The van der Waals surface area contributed by atoms with Gasteiger partial charge in [-0.2, -0.15) is 0 Å². The van der Waals surface area contributed by atoms with Crippen LogP contribution in [0.3, 0.4) is 0 Å². The lowest BCUT2D eigenvalue weighted by Gasteiger charge is -2.32. The lowest BCUT2D eigenvalue weighted by Crippen LogP contribution is -2.35. The third kappa shape index (κ3) is 5.28. The Morgan fingerprint density at radius 1 is 1.09 bits per heavy atom. The number of anilines is 2. The van der Waals surface area contributed by atoms with Gasteiger partial charge in [-0.1, -0.05) is 24.4 Å². The van der Waals surface area contributed by atoms with Crippen LogP contribution >= 0.6 is 11.6 Å². The zero-order chi connectivity index (χ0) is 21.9. The minimum Gasteiger partial charge on any atom is -0.493 e. The van der Waals surface area contributed by atoms with Crippen LogP contribution < -0.4 is 15.0 Å². The van der Waals surface area contributed by atoms with Crippen molar-refractivity contribution in [2.75, 3.05) is 29.9 Å². The van der Waals surface area contributed by atoms with Crippen molar-refractivity contribution in [2.24, 2.45) is 17.8 Å². The van der Waals surface area contributed by atoms with Crippen LogP contribution in [-0.2, 0) is 0 Å². The standard InChI is InChI=1S/C25H32ClFN4O/c26-19-15-28-25(29-16-19)31-10-7-17(8-11-31)22-13-18(22)9-12-32-21-5-6-24(23(27)14-21)30-20-3-1-2-4-20/h5-6,14-18,20,22,30H,1-4,7-13H2. The molecule has 32 heavy (non-hydrogen) atoms. The Kier molecular flexibility index (Phi) is 6.67. The molecule has 0 radical (unpaired) electrons. The summed E-state index contributed by atoms with van der Waals surface area (Å²) in [6.45, 7) is 2.67. The first-order valence-electron chi connectivity index (χ1n) is 12.1. The summed E-state index contributed by atoms with van der Waals surface area (Å²) >= 11 is 5.89. The Hall–Kier alpha value is -2.08. The minimum absolute atomic E-state index is 0.213. The Morgan fingerprint density at radius 2 is 1.84 bits per heavy atom. The zero-order valence-corrected chi connectivity index (χ0v) is 19.2. The SMILES string of the molecule is Fc1cc(OCCC2CC2C2CCN(c3ncc(Cl)cn3)CC2)ccc1NC1CCCC1. The lowest BCUT2D eigenvalue weighted by atomic mass is 9.90. The monoisotopic (exact) mass is 458 g/mol. The van der Waals surface area contributed by atoms with E-state index in [2.05, 4.69) is 20.2 Å². The third-order valence-corrected chi connectivity index (χ3v) is 7.62. The fourth-order valence-electron chi connectivity index (χ4n) is 5.50. The van der Waals surface area contributed by atoms with Gasteiger partial charge in [0.15, 0.2) is 0 Å². The van der Waals surface area contributed by atoms with Gasteiger partial charge in [-0.15, -0.1) is 0 Å². The molecule has 5 nitrogen and oxygen atoms in total. The van der Waals surface area contributed by atoms with Crippen molar-refractivity contribution in [3.63, 3.8) is 0 Å². The third-order valence-electron chi connectivity index (χ3n) is 7.42. The molecule has 2 aromatic rings. The molecule has 7 heteroatoms. The summed E-state index contributed by atoms with van der Waals surface area (Å²) < 4.78 is 20.3. The molecule has 2 aliphatic carbocycles. The fourth-order valence-corrected chi connectivity index (χ4v) is 5.60. The molecule has 2 heterocycles. The molecular weight excluding hydrogens is 427 g/mol. The number of halogens is 2. The van der Waals surface area contributed by atoms with Gasteiger partial charge in [0.2, 0.25) is 5.95 Å². The first-order chi connectivity index (χ1) is 15.7. The van der Waals surface area contributed by atoms with Gasteiger partial charge in [0.05, 0.1) is 29.7 Å². The average molecular weight is 459 g/mol. The van der Waals surface area contributed by atoms with E-state index < -0.39 is 0 Å². The molecular formula is C25H32ClFN4O. The molecule has 1 N–H and O–H groups in total. The number of benzene rings is 1. The van der Waals surface area contributed by atoms with Gasteiger partial charge < -0.3 is 15.0 Å². The van der Waals surface area contributed by atoms with Gasteiger partial charge >= 0.3 is 0 Å². The normalized spacial score (nSPS) is 24.0. The molecule has 0 spiro atoms. The summed E-state index contributed by atoms with van der Waals surface area (Å²) in [4.78, 5) is 10.9. The van der Waals surface area contributed by atoms with Crippen molar-refractivity contribution in [1.82, 2.24) is 9.97 Å². The number of hydrogen-bond acceptors (Lipinski definition) is 5. The van der Waals surface area contributed by atoms with E-state index in [1.165, 1.54) is 38.2 Å². The summed E-state index contributed by atoms with van der Waals surface area (Å²) in [7, 11) is 0. The molecule has 1 aromatic heterocycles. The fraction of sp³-hybridized carbons (Fsp3) is 0.600. The molecule has 2 atom stereocenters. The van der Waals surface area contributed by atoms with Crippen LogP contribution in [0.1, 0.15) is 51.4 Å². The van der Waals surface area contributed by atoms with E-state index in [0.29, 0.717) is 29.1 Å². The van der Waals surface area contributed by atoms with Crippen molar-refractivity contribution < 1.29 is 9.13 Å². The maximum absolute atomic E-state index is 14.4. The topological polar surface area (TPSA) is 50.3 Å². The molecule has 172 valence electrons. The molecule has 3 fully saturated rings. The van der Waals surface area contributed by atoms with Crippen molar-refractivity contribution in [1.29, 1.82) is 0 Å². The van der Waals surface area contributed by atoms with Crippen LogP contribution in [0.2, 0.25) is 5.02 Å². The second-order valence-electron chi connectivity index (χ2n) is 9.59. The van der Waals surface area contributed by atoms with E-state index in [9.17, 15) is 4.39 Å². The zero-order valence-electron chi connectivity index (χ0n) is 18.5. The Bertz CT molecular complexity index is 897. The van der Waals surface area contributed by atoms with Gasteiger partial charge in [0.1, 0.15) is 11.6 Å². The molecule has 1 aromatic carbocycles. The average Bonchev–Trinajstić information content (AvgIpc) is 3.39. The molecule has 5 rings (SSSR count). The summed E-state index contributed by atoms with van der Waals surface area (Å²) in [5, 5.41) is 3.91. The van der Waals surface area contributed by atoms with Crippen molar-refractivity contribution in [3.05, 3.63) is 41.4 Å². The van der Waals surface area contributed by atoms with Gasteiger partial charge in [-0.05, 0) is 68.4 Å². The Morgan fingerprint density at radius 3 is 2.56 bits per heavy atom. The second-order valence-corrected chi connectivity index (χ2v) is 10.0. The van der Waals surface area contributed by atoms with Crippen LogP contribution in [0.25, 0.3) is 0 Å². The van der Waals surface area contributed by atoms with Gasteiger partial charge in [0, 0.05) is 25.2 Å². The van der Waals surface area contributed by atoms with Crippen molar-refractivity contribution in [3.8, 4) is 5.75 Å². The van der Waals surface area contributed by atoms with E-state index in [1.807, 2.05) is 12.1 Å². The molecule has 1 saturated heterocycles. The predicted molar refractivity (Wildman–Crippen MR) is 126 cm³/mol. The van der Waals surface area contributed by atoms with Gasteiger partial charge in [-0.3, -0.25) is 0 Å². The largest absolute Gasteiger partial charge is 0.493 e. The first-order valence-corrected chi connectivity index (χ1v) is 12.4. The van der Waals surface area contributed by atoms with E-state index >= 15 is 0 Å². The van der Waals surface area contributed by atoms with Crippen LogP contribution in [0.15, 0.2) is 30.6 Å². The molecule has 2 saturated carbocycles. The summed E-state index contributed by atoms with van der Waals surface area (Å²) in [6.07, 6.45) is 12.8. The highest BCUT2D eigenvalue weighted by molar-refractivity contribution is 6.30. The number of hydrogen-bond donors (Lipinski definition) is 1. The van der Waals surface area contributed by atoms with Crippen LogP contribution in [0.4, 0.5) is 16.0 Å². The highest BCUT2D eigenvalue weighted by Crippen LogP contribution is 2.49. The quantitative estimate of drug-likeness (QED) is 0.530. The van der Waals surface area contributed by atoms with Crippen LogP contribution in [0, 0.1) is 23.6 Å². The highest BCUT2D eigenvalue weighted by atomic mass is 35.5. The molecule has 1 aliphatic heterocycles. The minimum atomic E-state index is -0.213. The number of piperidine rings is 1. The van der Waals surface area contributed by atoms with E-state index in [4.69, 9.17) is 16.3 Å². The maximum atomic E-state index is 14.4. The second kappa shape index (κ2) is 9.82. The number of nitrogens with zero attached hydrogens (tertiary/aromatic N) is 3. The summed E-state index contributed by atoms with van der Waals surface area (Å²) in [6, 6.07) is 5.64. The number of nitrogens with one attached hydrogen (secondary N) is 1. The molecule has 3 aliphatic rings. The lowest BCUT2D eigenvalue weighted by molar-refractivity contribution is 0.283. The molecule has 2 unspecified atom stereocenters. The summed E-state index contributed by atoms with van der Waals surface area (Å²) in [5.41, 5.74) is 0.599. The van der Waals surface area contributed by atoms with Gasteiger partial charge in [0.25, 0.3) is 0 Å². The first kappa shape index (κ1) is 21.7. The Balaban J connectivity index is 1.02. The predicted octanol–water partition coefficient (Wildman–Crippen LogP) is 5.95. The number of aromatic nitrogens is 2. The smallest absolute Gasteiger partial charge is 0.225 e. The van der Waals surface area contributed by atoms with Crippen molar-refractivity contribution in [2.45, 2.75) is 57.4 Å². The molecule has 0 bridgehead atoms. The Labute approximate surface area is 194 Å². The van der Waals surface area contributed by atoms with E-state index in [-0.39, 0.29) is 5.82 Å². The van der Waals surface area contributed by atoms with E-state index in [0.717, 1.165) is 56.1 Å². The van der Waals surface area contributed by atoms with E-state index in [1.54, 1.807) is 12.4 Å². The van der Waals surface area contributed by atoms with Crippen molar-refractivity contribution >= 4 is 23.2 Å². The number of rotatable bonds is 8. The summed E-state index contributed by atoms with van der Waals surface area (Å²) in [5.74, 6) is 3.53. The number of ether oxygens (including phenoxy) is 1. The molecule has 0 amide bonds. The van der Waals surface area contributed by atoms with Crippen LogP contribution in [0.5, 0.6) is 5.75 Å².